The molecule has 2 rings (SSSR count). The van der Waals surface area contributed by atoms with Crippen LogP contribution in [0.5, 0.6) is 11.5 Å². The van der Waals surface area contributed by atoms with Crippen LogP contribution >= 0.6 is 11.6 Å². The van der Waals surface area contributed by atoms with Gasteiger partial charge in [-0.3, -0.25) is 10.1 Å². The summed E-state index contributed by atoms with van der Waals surface area (Å²) in [5.41, 5.74) is 0.333. The van der Waals surface area contributed by atoms with E-state index >= 15 is 0 Å². The lowest BCUT2D eigenvalue weighted by molar-refractivity contribution is 0.102. The number of aromatic nitrogens is 3. The second kappa shape index (κ2) is 7.82. The van der Waals surface area contributed by atoms with Crippen molar-refractivity contribution in [2.24, 2.45) is 5.92 Å². The molecule has 1 aromatic heterocycles. The summed E-state index contributed by atoms with van der Waals surface area (Å²) >= 11 is 6.23. The summed E-state index contributed by atoms with van der Waals surface area (Å²) in [5.74, 6) is 1.24. The summed E-state index contributed by atoms with van der Waals surface area (Å²) in [6, 6.07) is 3.10. The van der Waals surface area contributed by atoms with Gasteiger partial charge in [-0.15, -0.1) is 0 Å². The number of amides is 1. The molecule has 0 fully saturated rings. The van der Waals surface area contributed by atoms with Crippen molar-refractivity contribution in [2.75, 3.05) is 19.0 Å². The third-order valence-electron chi connectivity index (χ3n) is 3.08. The number of anilines is 1. The number of benzene rings is 1. The Bertz CT molecular complexity index is 659. The van der Waals surface area contributed by atoms with Crippen molar-refractivity contribution in [3.63, 3.8) is 0 Å². The van der Waals surface area contributed by atoms with Crippen LogP contribution in [0.4, 0.5) is 5.95 Å². The zero-order chi connectivity index (χ0) is 16.8. The highest BCUT2D eigenvalue weighted by molar-refractivity contribution is 6.32. The van der Waals surface area contributed by atoms with Gasteiger partial charge in [0.1, 0.15) is 6.33 Å². The van der Waals surface area contributed by atoms with Gasteiger partial charge in [-0.2, -0.15) is 10.1 Å². The Morgan fingerprint density at radius 3 is 2.83 bits per heavy atom. The van der Waals surface area contributed by atoms with Crippen LogP contribution in [0.2, 0.25) is 5.02 Å². The zero-order valence-electron chi connectivity index (χ0n) is 13.2. The number of rotatable bonds is 7. The second-order valence-corrected chi connectivity index (χ2v) is 5.72. The summed E-state index contributed by atoms with van der Waals surface area (Å²) in [4.78, 5) is 16.0. The predicted octanol–water partition coefficient (Wildman–Crippen LogP) is 3.14. The largest absolute Gasteiger partial charge is 0.493 e. The lowest BCUT2D eigenvalue weighted by atomic mass is 10.1. The average molecular weight is 339 g/mol. The number of nitrogens with zero attached hydrogens (tertiary/aromatic N) is 2. The number of ether oxygens (including phenoxy) is 2. The molecule has 1 amide bonds. The average Bonchev–Trinajstić information content (AvgIpc) is 3.00. The van der Waals surface area contributed by atoms with Gasteiger partial charge in [0.25, 0.3) is 5.91 Å². The molecular weight excluding hydrogens is 320 g/mol. The Labute approximate surface area is 139 Å². The monoisotopic (exact) mass is 338 g/mol. The molecule has 1 aromatic carbocycles. The number of carbonyl (C=O) groups is 1. The smallest absolute Gasteiger partial charge is 0.258 e. The van der Waals surface area contributed by atoms with E-state index in [2.05, 4.69) is 34.3 Å². The molecule has 8 heteroatoms. The summed E-state index contributed by atoms with van der Waals surface area (Å²) in [5, 5.41) is 9.10. The van der Waals surface area contributed by atoms with E-state index in [1.54, 1.807) is 6.07 Å². The first-order valence-corrected chi connectivity index (χ1v) is 7.56. The molecule has 23 heavy (non-hydrogen) atoms. The maximum Gasteiger partial charge on any atom is 0.258 e. The van der Waals surface area contributed by atoms with Gasteiger partial charge in [0.15, 0.2) is 11.5 Å². The van der Waals surface area contributed by atoms with Gasteiger partial charge in [-0.05, 0) is 24.5 Å². The Morgan fingerprint density at radius 2 is 2.22 bits per heavy atom. The van der Waals surface area contributed by atoms with E-state index in [-0.39, 0.29) is 11.9 Å². The van der Waals surface area contributed by atoms with E-state index < -0.39 is 0 Å². The minimum absolute atomic E-state index is 0.252. The number of hydrogen-bond acceptors (Lipinski definition) is 5. The highest BCUT2D eigenvalue weighted by Gasteiger charge is 2.16. The number of H-pyrrole nitrogens is 1. The number of halogens is 1. The highest BCUT2D eigenvalue weighted by atomic mass is 35.5. The van der Waals surface area contributed by atoms with E-state index in [1.807, 2.05) is 0 Å². The van der Waals surface area contributed by atoms with E-state index in [4.69, 9.17) is 21.1 Å². The van der Waals surface area contributed by atoms with Crippen molar-refractivity contribution in [2.45, 2.75) is 20.3 Å². The first kappa shape index (κ1) is 17.1. The van der Waals surface area contributed by atoms with Crippen LogP contribution < -0.4 is 14.8 Å². The maximum absolute atomic E-state index is 12.2. The van der Waals surface area contributed by atoms with E-state index in [1.165, 1.54) is 19.5 Å². The number of aromatic amines is 1. The van der Waals surface area contributed by atoms with Crippen molar-refractivity contribution in [3.8, 4) is 11.5 Å². The van der Waals surface area contributed by atoms with E-state index in [0.29, 0.717) is 34.6 Å². The highest BCUT2D eigenvalue weighted by Crippen LogP contribution is 2.36. The predicted molar refractivity (Wildman–Crippen MR) is 87.3 cm³/mol. The SMILES string of the molecule is COc1cc(C(=O)Nc2ncn[nH]2)cc(Cl)c1OCCC(C)C. The molecule has 0 unspecified atom stereocenters. The second-order valence-electron chi connectivity index (χ2n) is 5.31. The normalized spacial score (nSPS) is 10.7. The number of hydrogen-bond donors (Lipinski definition) is 2. The molecule has 0 saturated heterocycles. The van der Waals surface area contributed by atoms with Gasteiger partial charge in [-0.1, -0.05) is 25.4 Å². The molecule has 124 valence electrons. The van der Waals surface area contributed by atoms with Crippen LogP contribution in [-0.2, 0) is 0 Å². The van der Waals surface area contributed by atoms with Gasteiger partial charge < -0.3 is 9.47 Å². The van der Waals surface area contributed by atoms with Gasteiger partial charge in [-0.25, -0.2) is 5.10 Å². The maximum atomic E-state index is 12.2. The molecular formula is C15H19ClN4O3. The van der Waals surface area contributed by atoms with Gasteiger partial charge in [0, 0.05) is 5.56 Å². The fraction of sp³-hybridized carbons (Fsp3) is 0.400. The molecule has 2 aromatic rings. The van der Waals surface area contributed by atoms with Crippen LogP contribution in [0.25, 0.3) is 0 Å². The summed E-state index contributed by atoms with van der Waals surface area (Å²) < 4.78 is 11.0. The molecule has 2 N–H and O–H groups in total. The lowest BCUT2D eigenvalue weighted by Crippen LogP contribution is -2.13. The molecule has 0 aliphatic heterocycles. The van der Waals surface area contributed by atoms with Crippen molar-refractivity contribution in [1.29, 1.82) is 0 Å². The summed E-state index contributed by atoms with van der Waals surface area (Å²) in [6.07, 6.45) is 2.20. The molecule has 0 aliphatic carbocycles. The standard InChI is InChI=1S/C15H19ClN4O3/c1-9(2)4-5-23-13-11(16)6-10(7-12(13)22-3)14(21)19-15-17-8-18-20-15/h6-9H,4-5H2,1-3H3,(H2,17,18,19,20,21). The number of methoxy groups -OCH3 is 1. The Morgan fingerprint density at radius 1 is 1.43 bits per heavy atom. The molecule has 0 spiro atoms. The Balaban J connectivity index is 2.16. The van der Waals surface area contributed by atoms with Crippen LogP contribution in [-0.4, -0.2) is 34.8 Å². The summed E-state index contributed by atoms with van der Waals surface area (Å²) in [7, 11) is 1.50. The van der Waals surface area contributed by atoms with Crippen molar-refractivity contribution in [1.82, 2.24) is 15.2 Å². The van der Waals surface area contributed by atoms with Crippen LogP contribution in [0.15, 0.2) is 18.5 Å². The summed E-state index contributed by atoms with van der Waals surface area (Å²) in [6.45, 7) is 4.75. The quantitative estimate of drug-likeness (QED) is 0.809. The molecule has 0 radical (unpaired) electrons. The molecule has 0 saturated carbocycles. The van der Waals surface area contributed by atoms with E-state index in [0.717, 1.165) is 6.42 Å². The molecule has 7 nitrogen and oxygen atoms in total. The Hall–Kier alpha value is -2.28. The minimum atomic E-state index is -0.379. The van der Waals surface area contributed by atoms with E-state index in [9.17, 15) is 4.79 Å². The third kappa shape index (κ3) is 4.59. The van der Waals surface area contributed by atoms with Crippen LogP contribution in [0, 0.1) is 5.92 Å². The number of carbonyl (C=O) groups excluding carboxylic acids is 1. The minimum Gasteiger partial charge on any atom is -0.493 e. The van der Waals surface area contributed by atoms with Crippen LogP contribution in [0.1, 0.15) is 30.6 Å². The van der Waals surface area contributed by atoms with Crippen molar-refractivity contribution >= 4 is 23.5 Å². The Kier molecular flexibility index (Phi) is 5.81. The van der Waals surface area contributed by atoms with Gasteiger partial charge in [0.2, 0.25) is 5.95 Å². The lowest BCUT2D eigenvalue weighted by Gasteiger charge is -2.14. The molecule has 0 bridgehead atoms. The first-order chi connectivity index (χ1) is 11.0. The molecule has 0 aliphatic rings. The first-order valence-electron chi connectivity index (χ1n) is 7.18. The fourth-order valence-electron chi connectivity index (χ4n) is 1.83. The van der Waals surface area contributed by atoms with Crippen molar-refractivity contribution < 1.29 is 14.3 Å². The zero-order valence-corrected chi connectivity index (χ0v) is 14.0. The van der Waals surface area contributed by atoms with Crippen LogP contribution in [0.3, 0.4) is 0 Å². The number of nitrogens with one attached hydrogen (secondary N) is 2. The van der Waals surface area contributed by atoms with Gasteiger partial charge in [0.05, 0.1) is 18.7 Å². The van der Waals surface area contributed by atoms with Gasteiger partial charge >= 0.3 is 0 Å². The fourth-order valence-corrected chi connectivity index (χ4v) is 2.10. The third-order valence-corrected chi connectivity index (χ3v) is 3.36. The van der Waals surface area contributed by atoms with Crippen molar-refractivity contribution in [3.05, 3.63) is 29.0 Å². The molecule has 1 heterocycles. The topological polar surface area (TPSA) is 89.1 Å². The molecule has 0 atom stereocenters.